The van der Waals surface area contributed by atoms with Crippen LogP contribution >= 0.6 is 0 Å². The lowest BCUT2D eigenvalue weighted by atomic mass is 9.98. The molecule has 0 heterocycles. The first kappa shape index (κ1) is 27.8. The van der Waals surface area contributed by atoms with E-state index in [-0.39, 0.29) is 30.7 Å². The zero-order valence-corrected chi connectivity index (χ0v) is 21.3. The molecule has 7 heteroatoms. The summed E-state index contributed by atoms with van der Waals surface area (Å²) in [5.74, 6) is 0.947. The predicted molar refractivity (Wildman–Crippen MR) is 135 cm³/mol. The number of carbonyl (C=O) groups is 2. The second kappa shape index (κ2) is 14.1. The van der Waals surface area contributed by atoms with Gasteiger partial charge in [-0.15, -0.1) is 0 Å². The Labute approximate surface area is 207 Å². The van der Waals surface area contributed by atoms with Gasteiger partial charge >= 0.3 is 0 Å². The van der Waals surface area contributed by atoms with Crippen molar-refractivity contribution < 1.29 is 33.3 Å². The van der Waals surface area contributed by atoms with Crippen LogP contribution in [0, 0.1) is 0 Å². The predicted octanol–water partition coefficient (Wildman–Crippen LogP) is 5.20. The Morgan fingerprint density at radius 1 is 0.886 bits per heavy atom. The number of Topliss-reactive ketones (excluding diaryl/α,β-unsaturated/α-hetero) is 1. The summed E-state index contributed by atoms with van der Waals surface area (Å²) in [5.41, 5.74) is 3.82. The highest BCUT2D eigenvalue weighted by molar-refractivity contribution is 6.11. The van der Waals surface area contributed by atoms with Crippen molar-refractivity contribution in [1.82, 2.24) is 0 Å². The maximum atomic E-state index is 13.4. The Balaban J connectivity index is 2.53. The monoisotopic (exact) mass is 482 g/mol. The van der Waals surface area contributed by atoms with Crippen LogP contribution in [0.3, 0.4) is 0 Å². The Bertz CT molecular complexity index is 1060. The first-order valence-electron chi connectivity index (χ1n) is 11.2. The zero-order chi connectivity index (χ0) is 25.8. The quantitative estimate of drug-likeness (QED) is 0.158. The number of benzene rings is 2. The minimum Gasteiger partial charge on any atom is -0.496 e. The van der Waals surface area contributed by atoms with Crippen LogP contribution in [-0.4, -0.2) is 46.5 Å². The van der Waals surface area contributed by atoms with Crippen LogP contribution in [-0.2, 0) is 27.1 Å². The second-order valence-electron chi connectivity index (χ2n) is 8.16. The van der Waals surface area contributed by atoms with Gasteiger partial charge in [-0.2, -0.15) is 0 Å². The maximum absolute atomic E-state index is 13.4. The largest absolute Gasteiger partial charge is 0.496 e. The Kier molecular flexibility index (Phi) is 11.2. The second-order valence-corrected chi connectivity index (χ2v) is 8.16. The summed E-state index contributed by atoms with van der Waals surface area (Å²) in [4.78, 5) is 24.7. The normalized spacial score (nSPS) is 10.8. The van der Waals surface area contributed by atoms with Gasteiger partial charge in [0, 0.05) is 32.3 Å². The van der Waals surface area contributed by atoms with Crippen LogP contribution in [0.25, 0.3) is 6.08 Å². The van der Waals surface area contributed by atoms with Gasteiger partial charge < -0.3 is 23.7 Å². The van der Waals surface area contributed by atoms with E-state index in [0.29, 0.717) is 35.7 Å². The minimum atomic E-state index is -0.294. The highest BCUT2D eigenvalue weighted by Gasteiger charge is 2.25. The molecule has 2 rings (SSSR count). The number of carbonyl (C=O) groups excluding carboxylic acids is 2. The van der Waals surface area contributed by atoms with Crippen molar-refractivity contribution in [2.75, 3.05) is 34.9 Å². The molecule has 7 nitrogen and oxygen atoms in total. The third-order valence-corrected chi connectivity index (χ3v) is 5.00. The van der Waals surface area contributed by atoms with E-state index in [4.69, 9.17) is 23.7 Å². The number of hydrogen-bond acceptors (Lipinski definition) is 7. The summed E-state index contributed by atoms with van der Waals surface area (Å²) in [7, 11) is 4.53. The van der Waals surface area contributed by atoms with E-state index >= 15 is 0 Å². The summed E-state index contributed by atoms with van der Waals surface area (Å²) >= 11 is 0. The van der Waals surface area contributed by atoms with Gasteiger partial charge in [0.2, 0.25) is 0 Å². The lowest BCUT2D eigenvalue weighted by Gasteiger charge is -2.20. The number of ketones is 2. The molecule has 0 bridgehead atoms. The maximum Gasteiger partial charge on any atom is 0.193 e. The summed E-state index contributed by atoms with van der Waals surface area (Å²) < 4.78 is 27.4. The van der Waals surface area contributed by atoms with Crippen LogP contribution in [0.2, 0.25) is 0 Å². The van der Waals surface area contributed by atoms with Crippen LogP contribution in [0.5, 0.6) is 17.2 Å². The molecular weight excluding hydrogens is 448 g/mol. The Morgan fingerprint density at radius 2 is 1.54 bits per heavy atom. The standard InChI is InChI=1S/C28H34O7/c1-19(2)7-13-23-25(34-17-31-4)16-26(33-6)27(28(23)35-18-32-5)24(30)14-12-21-8-10-22(11-9-21)15-20(3)29/h7-12,14,16H,13,15,17-18H2,1-6H3/b14-12+. The summed E-state index contributed by atoms with van der Waals surface area (Å²) in [5, 5.41) is 0. The van der Waals surface area contributed by atoms with Gasteiger partial charge in [0.05, 0.1) is 7.11 Å². The fourth-order valence-corrected chi connectivity index (χ4v) is 3.36. The average Bonchev–Trinajstić information content (AvgIpc) is 2.83. The van der Waals surface area contributed by atoms with Gasteiger partial charge in [0.25, 0.3) is 0 Å². The molecule has 0 N–H and O–H groups in total. The van der Waals surface area contributed by atoms with Crippen molar-refractivity contribution in [2.24, 2.45) is 0 Å². The van der Waals surface area contributed by atoms with Crippen LogP contribution in [0.15, 0.2) is 48.1 Å². The van der Waals surface area contributed by atoms with E-state index in [1.807, 2.05) is 44.2 Å². The van der Waals surface area contributed by atoms with Crippen molar-refractivity contribution in [3.63, 3.8) is 0 Å². The first-order valence-corrected chi connectivity index (χ1v) is 11.2. The van der Waals surface area contributed by atoms with Crippen molar-refractivity contribution in [2.45, 2.75) is 33.6 Å². The van der Waals surface area contributed by atoms with Crippen LogP contribution in [0.1, 0.15) is 47.8 Å². The summed E-state index contributed by atoms with van der Waals surface area (Å²) in [6.07, 6.45) is 6.06. The molecule has 35 heavy (non-hydrogen) atoms. The molecule has 0 aliphatic heterocycles. The van der Waals surface area contributed by atoms with Gasteiger partial charge in [-0.25, -0.2) is 0 Å². The van der Waals surface area contributed by atoms with Crippen LogP contribution in [0.4, 0.5) is 0 Å². The van der Waals surface area contributed by atoms with E-state index in [2.05, 4.69) is 0 Å². The molecule has 2 aromatic carbocycles. The number of ether oxygens (including phenoxy) is 5. The number of methoxy groups -OCH3 is 3. The molecule has 0 atom stereocenters. The van der Waals surface area contributed by atoms with E-state index in [1.165, 1.54) is 27.4 Å². The first-order chi connectivity index (χ1) is 16.8. The number of allylic oxidation sites excluding steroid dienone is 3. The van der Waals surface area contributed by atoms with E-state index in [1.54, 1.807) is 19.1 Å². The van der Waals surface area contributed by atoms with Gasteiger partial charge in [0.15, 0.2) is 19.4 Å². The smallest absolute Gasteiger partial charge is 0.193 e. The molecule has 0 unspecified atom stereocenters. The van der Waals surface area contributed by atoms with Gasteiger partial charge in [-0.3, -0.25) is 9.59 Å². The molecule has 0 radical (unpaired) electrons. The highest BCUT2D eigenvalue weighted by Crippen LogP contribution is 2.41. The van der Waals surface area contributed by atoms with E-state index < -0.39 is 0 Å². The van der Waals surface area contributed by atoms with Crippen molar-refractivity contribution in [1.29, 1.82) is 0 Å². The summed E-state index contributed by atoms with van der Waals surface area (Å²) in [6.45, 7) is 5.51. The van der Waals surface area contributed by atoms with Gasteiger partial charge in [0.1, 0.15) is 28.6 Å². The van der Waals surface area contributed by atoms with Crippen molar-refractivity contribution in [3.05, 3.63) is 70.3 Å². The van der Waals surface area contributed by atoms with Gasteiger partial charge in [-0.1, -0.05) is 42.0 Å². The number of hydrogen-bond donors (Lipinski definition) is 0. The molecule has 0 spiro atoms. The Hall–Kier alpha value is -3.42. The molecule has 0 aromatic heterocycles. The van der Waals surface area contributed by atoms with Gasteiger partial charge in [-0.05, 0) is 44.4 Å². The third-order valence-electron chi connectivity index (χ3n) is 5.00. The zero-order valence-electron chi connectivity index (χ0n) is 21.3. The van der Waals surface area contributed by atoms with Crippen LogP contribution < -0.4 is 14.2 Å². The van der Waals surface area contributed by atoms with Crippen molar-refractivity contribution in [3.8, 4) is 17.2 Å². The number of rotatable bonds is 14. The molecule has 0 aliphatic carbocycles. The molecule has 2 aromatic rings. The van der Waals surface area contributed by atoms with E-state index in [9.17, 15) is 9.59 Å². The highest BCUT2D eigenvalue weighted by atomic mass is 16.7. The van der Waals surface area contributed by atoms with E-state index in [0.717, 1.165) is 16.7 Å². The topological polar surface area (TPSA) is 80.3 Å². The fourth-order valence-electron chi connectivity index (χ4n) is 3.36. The average molecular weight is 483 g/mol. The fraction of sp³-hybridized carbons (Fsp3) is 0.357. The molecule has 188 valence electrons. The molecule has 0 amide bonds. The molecule has 0 saturated carbocycles. The lowest BCUT2D eigenvalue weighted by molar-refractivity contribution is -0.116. The molecular formula is C28H34O7. The third kappa shape index (κ3) is 8.38. The van der Waals surface area contributed by atoms with Crippen molar-refractivity contribution >= 4 is 17.6 Å². The molecule has 0 aliphatic rings. The SMILES string of the molecule is COCOc1cc(OC)c(C(=O)/C=C/c2ccc(CC(C)=O)cc2)c(OCOC)c1CC=C(C)C. The lowest BCUT2D eigenvalue weighted by Crippen LogP contribution is -2.12. The molecule has 0 saturated heterocycles. The summed E-state index contributed by atoms with van der Waals surface area (Å²) in [6, 6.07) is 9.15. The minimum absolute atomic E-state index is 0.0293. The Morgan fingerprint density at radius 3 is 2.11 bits per heavy atom. The molecule has 0 fully saturated rings.